The number of carbonyl (C=O) groups excluding carboxylic acids is 1. The van der Waals surface area contributed by atoms with Crippen molar-refractivity contribution in [1.29, 1.82) is 0 Å². The average molecular weight is 319 g/mol. The molecule has 7 heteroatoms. The lowest BCUT2D eigenvalue weighted by molar-refractivity contribution is 0.102. The zero-order valence-corrected chi connectivity index (χ0v) is 12.8. The van der Waals surface area contributed by atoms with Crippen LogP contribution in [0.25, 0.3) is 16.6 Å². The number of hydrogen-bond donors (Lipinski definition) is 2. The van der Waals surface area contributed by atoms with Crippen LogP contribution in [0.15, 0.2) is 53.7 Å². The summed E-state index contributed by atoms with van der Waals surface area (Å²) >= 11 is 0. The molecule has 4 aromatic rings. The Balaban J connectivity index is 1.72. The van der Waals surface area contributed by atoms with Crippen LogP contribution in [0.4, 0.5) is 5.69 Å². The van der Waals surface area contributed by atoms with Crippen molar-refractivity contribution < 1.29 is 4.79 Å². The third-order valence-electron chi connectivity index (χ3n) is 3.79. The molecule has 2 N–H and O–H groups in total. The van der Waals surface area contributed by atoms with Gasteiger partial charge < -0.3 is 5.32 Å². The summed E-state index contributed by atoms with van der Waals surface area (Å²) in [5, 5.41) is 10.4. The topological polar surface area (TPSA) is 92.2 Å². The number of aromatic amines is 1. The van der Waals surface area contributed by atoms with Gasteiger partial charge in [-0.25, -0.2) is 4.98 Å². The molecule has 7 nitrogen and oxygen atoms in total. The molecule has 24 heavy (non-hydrogen) atoms. The number of H-pyrrole nitrogens is 1. The van der Waals surface area contributed by atoms with E-state index in [4.69, 9.17) is 0 Å². The molecule has 0 radical (unpaired) electrons. The minimum atomic E-state index is -0.494. The van der Waals surface area contributed by atoms with E-state index in [-0.39, 0.29) is 5.56 Å². The predicted molar refractivity (Wildman–Crippen MR) is 90.2 cm³/mol. The molecule has 118 valence electrons. The van der Waals surface area contributed by atoms with E-state index in [0.717, 1.165) is 16.5 Å². The molecule has 0 aliphatic heterocycles. The van der Waals surface area contributed by atoms with Gasteiger partial charge in [0.25, 0.3) is 11.5 Å². The van der Waals surface area contributed by atoms with Crippen molar-refractivity contribution in [3.63, 3.8) is 0 Å². The largest absolute Gasteiger partial charge is 0.322 e. The van der Waals surface area contributed by atoms with Crippen LogP contribution in [0.5, 0.6) is 0 Å². The number of amides is 1. The average Bonchev–Trinajstić information content (AvgIpc) is 3.03. The second-order valence-corrected chi connectivity index (χ2v) is 5.54. The summed E-state index contributed by atoms with van der Waals surface area (Å²) in [6.45, 7) is 1.87. The Hall–Kier alpha value is -3.48. The normalized spacial score (nSPS) is 11.0. The summed E-state index contributed by atoms with van der Waals surface area (Å²) in [6, 6.07) is 8.95. The molecule has 0 saturated heterocycles. The molecule has 4 rings (SSSR count). The summed E-state index contributed by atoms with van der Waals surface area (Å²) in [6.07, 6.45) is 4.64. The van der Waals surface area contributed by atoms with E-state index in [1.807, 2.05) is 19.1 Å². The smallest absolute Gasteiger partial charge is 0.270 e. The zero-order valence-electron chi connectivity index (χ0n) is 12.8. The molecule has 0 spiro atoms. The van der Waals surface area contributed by atoms with Crippen LogP contribution in [0, 0.1) is 6.92 Å². The Labute approximate surface area is 136 Å². The third kappa shape index (κ3) is 2.32. The number of hydrogen-bond acceptors (Lipinski definition) is 4. The van der Waals surface area contributed by atoms with E-state index in [1.54, 1.807) is 30.6 Å². The first-order valence-electron chi connectivity index (χ1n) is 7.34. The van der Waals surface area contributed by atoms with Crippen molar-refractivity contribution in [3.8, 4) is 0 Å². The number of nitrogens with zero attached hydrogens (tertiary/aromatic N) is 3. The maximum absolute atomic E-state index is 12.5. The van der Waals surface area contributed by atoms with Gasteiger partial charge in [0, 0.05) is 23.5 Å². The van der Waals surface area contributed by atoms with E-state index in [0.29, 0.717) is 11.3 Å². The Morgan fingerprint density at radius 1 is 1.21 bits per heavy atom. The number of rotatable bonds is 2. The van der Waals surface area contributed by atoms with Gasteiger partial charge >= 0.3 is 0 Å². The number of pyridine rings is 1. The standard InChI is InChI=1S/C17H13N5O2/c1-10-2-5-15-18-8-13(17(24)22(15)9-10)16(23)20-12-3-4-14-11(6-12)7-19-21-14/h2-9H,1H3,(H,19,21)(H,20,23). The van der Waals surface area contributed by atoms with E-state index in [9.17, 15) is 9.59 Å². The van der Waals surface area contributed by atoms with Crippen LogP contribution in [0.3, 0.4) is 0 Å². The Bertz CT molecular complexity index is 1140. The third-order valence-corrected chi connectivity index (χ3v) is 3.79. The summed E-state index contributed by atoms with van der Waals surface area (Å²) in [4.78, 5) is 29.2. The maximum atomic E-state index is 12.5. The Morgan fingerprint density at radius 2 is 2.08 bits per heavy atom. The van der Waals surface area contributed by atoms with Crippen molar-refractivity contribution in [2.45, 2.75) is 6.92 Å². The summed E-state index contributed by atoms with van der Waals surface area (Å²) in [5.41, 5.74) is 2.46. The first kappa shape index (κ1) is 14.1. The van der Waals surface area contributed by atoms with Crippen molar-refractivity contribution in [1.82, 2.24) is 19.6 Å². The van der Waals surface area contributed by atoms with E-state index >= 15 is 0 Å². The molecule has 0 aliphatic carbocycles. The lowest BCUT2D eigenvalue weighted by atomic mass is 10.2. The maximum Gasteiger partial charge on any atom is 0.270 e. The van der Waals surface area contributed by atoms with Crippen LogP contribution in [-0.4, -0.2) is 25.5 Å². The van der Waals surface area contributed by atoms with Crippen molar-refractivity contribution in [2.24, 2.45) is 0 Å². The fourth-order valence-corrected chi connectivity index (χ4v) is 2.56. The van der Waals surface area contributed by atoms with Crippen LogP contribution in [-0.2, 0) is 0 Å². The van der Waals surface area contributed by atoms with Crippen molar-refractivity contribution in [3.05, 3.63) is 70.4 Å². The van der Waals surface area contributed by atoms with Crippen LogP contribution >= 0.6 is 0 Å². The molecule has 1 aromatic carbocycles. The summed E-state index contributed by atoms with van der Waals surface area (Å²) in [7, 11) is 0. The van der Waals surface area contributed by atoms with E-state index in [1.165, 1.54) is 10.6 Å². The highest BCUT2D eigenvalue weighted by atomic mass is 16.2. The van der Waals surface area contributed by atoms with Gasteiger partial charge in [0.1, 0.15) is 11.2 Å². The number of anilines is 1. The van der Waals surface area contributed by atoms with Gasteiger partial charge in [0.15, 0.2) is 0 Å². The van der Waals surface area contributed by atoms with Gasteiger partial charge in [-0.3, -0.25) is 19.1 Å². The highest BCUT2D eigenvalue weighted by Gasteiger charge is 2.14. The van der Waals surface area contributed by atoms with Gasteiger partial charge in [-0.05, 0) is 36.8 Å². The highest BCUT2D eigenvalue weighted by Crippen LogP contribution is 2.17. The number of aryl methyl sites for hydroxylation is 1. The number of aromatic nitrogens is 4. The molecule has 0 fully saturated rings. The second kappa shape index (κ2) is 5.31. The zero-order chi connectivity index (χ0) is 16.7. The van der Waals surface area contributed by atoms with E-state index in [2.05, 4.69) is 20.5 Å². The minimum absolute atomic E-state index is 0.00890. The van der Waals surface area contributed by atoms with Crippen LogP contribution in [0.2, 0.25) is 0 Å². The van der Waals surface area contributed by atoms with Gasteiger partial charge in [-0.15, -0.1) is 0 Å². The summed E-state index contributed by atoms with van der Waals surface area (Å²) < 4.78 is 1.38. The SMILES string of the molecule is Cc1ccc2ncc(C(=O)Nc3ccc4[nH]ncc4c3)c(=O)n2c1. The summed E-state index contributed by atoms with van der Waals surface area (Å²) in [5.74, 6) is -0.494. The second-order valence-electron chi connectivity index (χ2n) is 5.54. The predicted octanol–water partition coefficient (Wildman–Crippen LogP) is 2.13. The quantitative estimate of drug-likeness (QED) is 0.592. The highest BCUT2D eigenvalue weighted by molar-refractivity contribution is 6.04. The van der Waals surface area contributed by atoms with Gasteiger partial charge in [0.05, 0.1) is 11.7 Å². The molecule has 3 heterocycles. The Kier molecular flexibility index (Phi) is 3.13. The fraction of sp³-hybridized carbons (Fsp3) is 0.0588. The van der Waals surface area contributed by atoms with Crippen LogP contribution < -0.4 is 10.9 Å². The molecular weight excluding hydrogens is 306 g/mol. The molecule has 0 aliphatic rings. The van der Waals surface area contributed by atoms with Crippen molar-refractivity contribution in [2.75, 3.05) is 5.32 Å². The number of carbonyl (C=O) groups is 1. The van der Waals surface area contributed by atoms with Gasteiger partial charge in [-0.1, -0.05) is 6.07 Å². The molecular formula is C17H13N5O2. The van der Waals surface area contributed by atoms with Gasteiger partial charge in [-0.2, -0.15) is 5.10 Å². The molecule has 0 atom stereocenters. The minimum Gasteiger partial charge on any atom is -0.322 e. The first-order chi connectivity index (χ1) is 11.6. The lowest BCUT2D eigenvalue weighted by Gasteiger charge is -2.07. The van der Waals surface area contributed by atoms with Gasteiger partial charge in [0.2, 0.25) is 0 Å². The molecule has 1 amide bonds. The lowest BCUT2D eigenvalue weighted by Crippen LogP contribution is -2.26. The molecule has 0 bridgehead atoms. The molecule has 3 aromatic heterocycles. The van der Waals surface area contributed by atoms with E-state index < -0.39 is 11.5 Å². The van der Waals surface area contributed by atoms with Crippen molar-refractivity contribution >= 4 is 28.1 Å². The number of fused-ring (bicyclic) bond motifs is 2. The number of benzene rings is 1. The molecule has 0 saturated carbocycles. The first-order valence-corrected chi connectivity index (χ1v) is 7.34. The Morgan fingerprint density at radius 3 is 2.96 bits per heavy atom. The monoisotopic (exact) mass is 319 g/mol. The number of nitrogens with one attached hydrogen (secondary N) is 2. The van der Waals surface area contributed by atoms with Crippen LogP contribution in [0.1, 0.15) is 15.9 Å². The molecule has 0 unspecified atom stereocenters. The fourth-order valence-electron chi connectivity index (χ4n) is 2.56.